The van der Waals surface area contributed by atoms with E-state index in [1.807, 2.05) is 12.1 Å². The normalized spacial score (nSPS) is 23.7. The first-order valence-electron chi connectivity index (χ1n) is 5.20. The van der Waals surface area contributed by atoms with Gasteiger partial charge in [0.15, 0.2) is 0 Å². The van der Waals surface area contributed by atoms with Crippen LogP contribution in [-0.2, 0) is 0 Å². The molecule has 0 radical (unpaired) electrons. The summed E-state index contributed by atoms with van der Waals surface area (Å²) in [6.45, 7) is 2.42. The minimum absolute atomic E-state index is 0.700. The van der Waals surface area contributed by atoms with Gasteiger partial charge < -0.3 is 4.90 Å². The van der Waals surface area contributed by atoms with Gasteiger partial charge in [0.05, 0.1) is 0 Å². The first-order valence-corrected chi connectivity index (χ1v) is 5.57. The Hall–Kier alpha value is -0.530. The molecule has 1 fully saturated rings. The van der Waals surface area contributed by atoms with E-state index in [0.717, 1.165) is 5.02 Å². The lowest BCUT2D eigenvalue weighted by molar-refractivity contribution is 0.251. The Kier molecular flexibility index (Phi) is 3.09. The molecule has 1 aromatic rings. The number of hydrogen-bond donors (Lipinski definition) is 0. The van der Waals surface area contributed by atoms with Crippen LogP contribution in [0.1, 0.15) is 24.3 Å². The SMILES string of the molecule is CN1CCCC(c2ccc(Cl)cc2)C1. The summed E-state index contributed by atoms with van der Waals surface area (Å²) in [5, 5.41) is 0.831. The van der Waals surface area contributed by atoms with Crippen LogP contribution in [0.4, 0.5) is 0 Å². The molecule has 1 aromatic carbocycles. The number of nitrogens with zero attached hydrogens (tertiary/aromatic N) is 1. The molecule has 1 aliphatic rings. The maximum atomic E-state index is 5.87. The van der Waals surface area contributed by atoms with Crippen LogP contribution in [0.15, 0.2) is 24.3 Å². The monoisotopic (exact) mass is 209 g/mol. The molecule has 0 bridgehead atoms. The smallest absolute Gasteiger partial charge is 0.0406 e. The highest BCUT2D eigenvalue weighted by atomic mass is 35.5. The molecule has 0 aromatic heterocycles. The quantitative estimate of drug-likeness (QED) is 0.687. The Morgan fingerprint density at radius 1 is 1.29 bits per heavy atom. The second-order valence-electron chi connectivity index (χ2n) is 4.15. The molecule has 1 heterocycles. The first kappa shape index (κ1) is 10.0. The zero-order valence-corrected chi connectivity index (χ0v) is 9.30. The predicted octanol–water partition coefficient (Wildman–Crippen LogP) is 3.15. The van der Waals surface area contributed by atoms with Gasteiger partial charge in [-0.15, -0.1) is 0 Å². The summed E-state index contributed by atoms with van der Waals surface area (Å²) in [5.41, 5.74) is 1.43. The van der Waals surface area contributed by atoms with Gasteiger partial charge in [0.2, 0.25) is 0 Å². The van der Waals surface area contributed by atoms with E-state index in [1.54, 1.807) is 0 Å². The Morgan fingerprint density at radius 2 is 2.00 bits per heavy atom. The van der Waals surface area contributed by atoms with Gasteiger partial charge in [0.25, 0.3) is 0 Å². The number of halogens is 1. The molecule has 1 aliphatic heterocycles. The van der Waals surface area contributed by atoms with Crippen LogP contribution in [0.3, 0.4) is 0 Å². The van der Waals surface area contributed by atoms with E-state index in [-0.39, 0.29) is 0 Å². The van der Waals surface area contributed by atoms with E-state index >= 15 is 0 Å². The third-order valence-electron chi connectivity index (χ3n) is 2.97. The van der Waals surface area contributed by atoms with Gasteiger partial charge in [-0.2, -0.15) is 0 Å². The fourth-order valence-corrected chi connectivity index (χ4v) is 2.30. The number of likely N-dealkylation sites (tertiary alicyclic amines) is 1. The van der Waals surface area contributed by atoms with Crippen LogP contribution in [0, 0.1) is 0 Å². The summed E-state index contributed by atoms with van der Waals surface area (Å²) < 4.78 is 0. The Morgan fingerprint density at radius 3 is 2.64 bits per heavy atom. The van der Waals surface area contributed by atoms with Crippen molar-refractivity contribution in [1.82, 2.24) is 4.90 Å². The highest BCUT2D eigenvalue weighted by Gasteiger charge is 2.18. The summed E-state index contributed by atoms with van der Waals surface area (Å²) in [5.74, 6) is 0.700. The summed E-state index contributed by atoms with van der Waals surface area (Å²) in [4.78, 5) is 2.41. The first-order chi connectivity index (χ1) is 6.75. The standard InChI is InChI=1S/C12H16ClN/c1-14-8-2-3-11(9-14)10-4-6-12(13)7-5-10/h4-7,11H,2-3,8-9H2,1H3. The van der Waals surface area contributed by atoms with Crippen molar-refractivity contribution in [3.63, 3.8) is 0 Å². The number of benzene rings is 1. The number of hydrogen-bond acceptors (Lipinski definition) is 1. The van der Waals surface area contributed by atoms with Gasteiger partial charge in [-0.1, -0.05) is 23.7 Å². The van der Waals surface area contributed by atoms with Gasteiger partial charge in [0.1, 0.15) is 0 Å². The highest BCUT2D eigenvalue weighted by molar-refractivity contribution is 6.30. The van der Waals surface area contributed by atoms with Gasteiger partial charge in [-0.3, -0.25) is 0 Å². The molecule has 0 N–H and O–H groups in total. The molecule has 2 heteroatoms. The molecule has 1 unspecified atom stereocenters. The molecule has 1 nitrogen and oxygen atoms in total. The van der Waals surface area contributed by atoms with Crippen LogP contribution in [0.2, 0.25) is 5.02 Å². The predicted molar refractivity (Wildman–Crippen MR) is 60.9 cm³/mol. The van der Waals surface area contributed by atoms with Crippen LogP contribution < -0.4 is 0 Å². The van der Waals surface area contributed by atoms with Crippen molar-refractivity contribution in [3.8, 4) is 0 Å². The van der Waals surface area contributed by atoms with Gasteiger partial charge >= 0.3 is 0 Å². The zero-order chi connectivity index (χ0) is 9.97. The number of likely N-dealkylation sites (N-methyl/N-ethyl adjacent to an activating group) is 1. The molecule has 14 heavy (non-hydrogen) atoms. The van der Waals surface area contributed by atoms with Crippen LogP contribution >= 0.6 is 11.6 Å². The summed E-state index contributed by atoms with van der Waals surface area (Å²) in [7, 11) is 2.20. The van der Waals surface area contributed by atoms with Crippen molar-refractivity contribution in [2.24, 2.45) is 0 Å². The molecular weight excluding hydrogens is 194 g/mol. The lowest BCUT2D eigenvalue weighted by Crippen LogP contribution is -2.30. The third-order valence-corrected chi connectivity index (χ3v) is 3.22. The fraction of sp³-hybridized carbons (Fsp3) is 0.500. The summed E-state index contributed by atoms with van der Waals surface area (Å²) in [6, 6.07) is 8.30. The van der Waals surface area contributed by atoms with E-state index in [1.165, 1.54) is 31.5 Å². The highest BCUT2D eigenvalue weighted by Crippen LogP contribution is 2.26. The molecule has 0 saturated carbocycles. The second-order valence-corrected chi connectivity index (χ2v) is 4.59. The molecule has 76 valence electrons. The summed E-state index contributed by atoms with van der Waals surface area (Å²) in [6.07, 6.45) is 2.62. The molecule has 1 atom stereocenters. The van der Waals surface area contributed by atoms with E-state index in [9.17, 15) is 0 Å². The number of rotatable bonds is 1. The second kappa shape index (κ2) is 4.33. The Balaban J connectivity index is 2.10. The minimum atomic E-state index is 0.700. The van der Waals surface area contributed by atoms with Crippen molar-refractivity contribution in [3.05, 3.63) is 34.9 Å². The van der Waals surface area contributed by atoms with E-state index < -0.39 is 0 Å². The van der Waals surface area contributed by atoms with Crippen molar-refractivity contribution >= 4 is 11.6 Å². The number of piperidine rings is 1. The molecule has 2 rings (SSSR count). The molecule has 0 spiro atoms. The summed E-state index contributed by atoms with van der Waals surface area (Å²) >= 11 is 5.87. The van der Waals surface area contributed by atoms with Crippen LogP contribution in [0.25, 0.3) is 0 Å². The van der Waals surface area contributed by atoms with Crippen molar-refractivity contribution in [2.45, 2.75) is 18.8 Å². The largest absolute Gasteiger partial charge is 0.306 e. The van der Waals surface area contributed by atoms with Gasteiger partial charge in [-0.05, 0) is 50.0 Å². The maximum Gasteiger partial charge on any atom is 0.0406 e. The van der Waals surface area contributed by atoms with E-state index in [4.69, 9.17) is 11.6 Å². The average Bonchev–Trinajstić information content (AvgIpc) is 2.19. The Bertz CT molecular complexity index is 294. The molecule has 0 aliphatic carbocycles. The topological polar surface area (TPSA) is 3.24 Å². The molecular formula is C12H16ClN. The van der Waals surface area contributed by atoms with Crippen molar-refractivity contribution in [1.29, 1.82) is 0 Å². The average molecular weight is 210 g/mol. The van der Waals surface area contributed by atoms with Gasteiger partial charge in [0, 0.05) is 11.6 Å². The van der Waals surface area contributed by atoms with E-state index in [2.05, 4.69) is 24.1 Å². The lowest BCUT2D eigenvalue weighted by atomic mass is 9.91. The third kappa shape index (κ3) is 2.28. The lowest BCUT2D eigenvalue weighted by Gasteiger charge is -2.29. The van der Waals surface area contributed by atoms with Crippen LogP contribution in [0.5, 0.6) is 0 Å². The van der Waals surface area contributed by atoms with Crippen molar-refractivity contribution in [2.75, 3.05) is 20.1 Å². The van der Waals surface area contributed by atoms with Gasteiger partial charge in [-0.25, -0.2) is 0 Å². The fourth-order valence-electron chi connectivity index (χ4n) is 2.17. The molecule has 0 amide bonds. The van der Waals surface area contributed by atoms with Crippen LogP contribution in [-0.4, -0.2) is 25.0 Å². The Labute approximate surface area is 90.7 Å². The van der Waals surface area contributed by atoms with E-state index in [0.29, 0.717) is 5.92 Å². The molecule has 1 saturated heterocycles. The maximum absolute atomic E-state index is 5.87. The van der Waals surface area contributed by atoms with Crippen molar-refractivity contribution < 1.29 is 0 Å². The minimum Gasteiger partial charge on any atom is -0.306 e. The zero-order valence-electron chi connectivity index (χ0n) is 8.54.